The highest BCUT2D eigenvalue weighted by atomic mass is 32.1. The summed E-state index contributed by atoms with van der Waals surface area (Å²) in [5, 5.41) is 2.73. The zero-order chi connectivity index (χ0) is 13.2. The van der Waals surface area contributed by atoms with Gasteiger partial charge >= 0.3 is 0 Å². The molecule has 1 aromatic carbocycles. The third-order valence-corrected chi connectivity index (χ3v) is 4.18. The molecule has 1 atom stereocenters. The molecule has 4 nitrogen and oxygen atoms in total. The molecular formula is C13H13N3OS2. The van der Waals surface area contributed by atoms with E-state index in [1.165, 1.54) is 4.88 Å². The summed E-state index contributed by atoms with van der Waals surface area (Å²) in [6, 6.07) is 12.0. The van der Waals surface area contributed by atoms with Gasteiger partial charge in [0.05, 0.1) is 7.11 Å². The number of hydrogen-bond donors (Lipinski definition) is 2. The number of thiophene rings is 1. The molecule has 1 unspecified atom stereocenters. The Kier molecular flexibility index (Phi) is 3.37. The predicted octanol–water partition coefficient (Wildman–Crippen LogP) is 2.65. The number of hydrazine groups is 1. The number of benzene rings is 1. The lowest BCUT2D eigenvalue weighted by atomic mass is 10.2. The third-order valence-electron chi connectivity index (χ3n) is 2.96. The number of nitrogens with zero attached hydrogens (tertiary/aromatic N) is 1. The van der Waals surface area contributed by atoms with Crippen molar-refractivity contribution in [2.24, 2.45) is 0 Å². The van der Waals surface area contributed by atoms with E-state index in [1.54, 1.807) is 18.4 Å². The quantitative estimate of drug-likeness (QED) is 0.850. The average Bonchev–Trinajstić information content (AvgIpc) is 3.08. The van der Waals surface area contributed by atoms with Crippen LogP contribution in [-0.2, 0) is 0 Å². The van der Waals surface area contributed by atoms with Gasteiger partial charge in [0.1, 0.15) is 11.9 Å². The molecule has 1 saturated heterocycles. The molecule has 0 bridgehead atoms. The van der Waals surface area contributed by atoms with Gasteiger partial charge in [-0.05, 0) is 47.9 Å². The van der Waals surface area contributed by atoms with E-state index in [2.05, 4.69) is 27.2 Å². The Labute approximate surface area is 121 Å². The summed E-state index contributed by atoms with van der Waals surface area (Å²) in [6.07, 6.45) is 0.0286. The van der Waals surface area contributed by atoms with E-state index in [9.17, 15) is 0 Å². The average molecular weight is 291 g/mol. The Morgan fingerprint density at radius 1 is 1.26 bits per heavy atom. The molecule has 0 amide bonds. The molecule has 0 aliphatic carbocycles. The number of ether oxygens (including phenoxy) is 1. The maximum atomic E-state index is 5.36. The number of thiocarbonyl (C=S) groups is 1. The first-order chi connectivity index (χ1) is 9.29. The summed E-state index contributed by atoms with van der Waals surface area (Å²) in [4.78, 5) is 3.27. The molecule has 19 heavy (non-hydrogen) atoms. The zero-order valence-corrected chi connectivity index (χ0v) is 11.9. The predicted molar refractivity (Wildman–Crippen MR) is 81.4 cm³/mol. The molecule has 2 heterocycles. The number of hydrogen-bond acceptors (Lipinski definition) is 4. The van der Waals surface area contributed by atoms with Gasteiger partial charge in [-0.15, -0.1) is 11.3 Å². The highest BCUT2D eigenvalue weighted by Gasteiger charge is 2.30. The van der Waals surface area contributed by atoms with Crippen LogP contribution < -0.4 is 20.5 Å². The largest absolute Gasteiger partial charge is 0.497 e. The van der Waals surface area contributed by atoms with E-state index >= 15 is 0 Å². The molecule has 98 valence electrons. The van der Waals surface area contributed by atoms with Gasteiger partial charge in [-0.25, -0.2) is 5.43 Å². The van der Waals surface area contributed by atoms with Gasteiger partial charge < -0.3 is 4.74 Å². The summed E-state index contributed by atoms with van der Waals surface area (Å²) < 4.78 is 5.18. The zero-order valence-electron chi connectivity index (χ0n) is 10.3. The summed E-state index contributed by atoms with van der Waals surface area (Å²) in [6.45, 7) is 0. The second kappa shape index (κ2) is 5.16. The van der Waals surface area contributed by atoms with Crippen LogP contribution in [0.15, 0.2) is 41.8 Å². The lowest BCUT2D eigenvalue weighted by Gasteiger charge is -2.23. The van der Waals surface area contributed by atoms with E-state index in [-0.39, 0.29) is 6.17 Å². The van der Waals surface area contributed by atoms with Crippen LogP contribution in [0.4, 0.5) is 5.69 Å². The summed E-state index contributed by atoms with van der Waals surface area (Å²) in [7, 11) is 1.66. The van der Waals surface area contributed by atoms with Crippen molar-refractivity contribution in [3.63, 3.8) is 0 Å². The smallest absolute Gasteiger partial charge is 0.189 e. The van der Waals surface area contributed by atoms with E-state index < -0.39 is 0 Å². The molecule has 3 rings (SSSR count). The first-order valence-corrected chi connectivity index (χ1v) is 7.10. The summed E-state index contributed by atoms with van der Waals surface area (Å²) in [5.74, 6) is 0.836. The van der Waals surface area contributed by atoms with E-state index in [0.717, 1.165) is 11.4 Å². The van der Waals surface area contributed by atoms with Crippen LogP contribution in [-0.4, -0.2) is 12.2 Å². The highest BCUT2D eigenvalue weighted by molar-refractivity contribution is 7.80. The summed E-state index contributed by atoms with van der Waals surface area (Å²) in [5.41, 5.74) is 7.25. The molecule has 1 fully saturated rings. The maximum Gasteiger partial charge on any atom is 0.189 e. The van der Waals surface area contributed by atoms with Gasteiger partial charge in [0, 0.05) is 10.6 Å². The van der Waals surface area contributed by atoms with Crippen molar-refractivity contribution >= 4 is 34.4 Å². The van der Waals surface area contributed by atoms with Crippen LogP contribution >= 0.6 is 23.6 Å². The van der Waals surface area contributed by atoms with Crippen molar-refractivity contribution in [1.82, 2.24) is 10.9 Å². The highest BCUT2D eigenvalue weighted by Crippen LogP contribution is 2.31. The van der Waals surface area contributed by atoms with Crippen LogP contribution in [0.1, 0.15) is 11.0 Å². The van der Waals surface area contributed by atoms with Crippen LogP contribution in [0.5, 0.6) is 5.75 Å². The Balaban J connectivity index is 1.93. The number of anilines is 1. The fourth-order valence-electron chi connectivity index (χ4n) is 2.03. The molecule has 1 aromatic heterocycles. The lowest BCUT2D eigenvalue weighted by molar-refractivity contribution is 0.415. The van der Waals surface area contributed by atoms with Crippen LogP contribution in [0.25, 0.3) is 0 Å². The Morgan fingerprint density at radius 3 is 2.68 bits per heavy atom. The summed E-state index contributed by atoms with van der Waals surface area (Å²) >= 11 is 7.06. The van der Waals surface area contributed by atoms with Crippen molar-refractivity contribution in [3.05, 3.63) is 46.7 Å². The second-order valence-electron chi connectivity index (χ2n) is 4.06. The van der Waals surface area contributed by atoms with Gasteiger partial charge in [0.25, 0.3) is 0 Å². The lowest BCUT2D eigenvalue weighted by Crippen LogP contribution is -2.29. The van der Waals surface area contributed by atoms with Crippen molar-refractivity contribution in [3.8, 4) is 5.75 Å². The minimum atomic E-state index is 0.0286. The molecule has 2 aromatic rings. The first-order valence-electron chi connectivity index (χ1n) is 5.82. The van der Waals surface area contributed by atoms with Gasteiger partial charge in [-0.2, -0.15) is 0 Å². The van der Waals surface area contributed by atoms with Crippen molar-refractivity contribution < 1.29 is 4.74 Å². The van der Waals surface area contributed by atoms with Crippen LogP contribution in [0, 0.1) is 0 Å². The van der Waals surface area contributed by atoms with Crippen LogP contribution in [0.3, 0.4) is 0 Å². The van der Waals surface area contributed by atoms with Crippen molar-refractivity contribution in [2.75, 3.05) is 12.0 Å². The van der Waals surface area contributed by atoms with E-state index in [1.807, 2.05) is 30.3 Å². The van der Waals surface area contributed by atoms with Gasteiger partial charge in [0.2, 0.25) is 0 Å². The van der Waals surface area contributed by atoms with E-state index in [0.29, 0.717) is 5.11 Å². The second-order valence-corrected chi connectivity index (χ2v) is 5.43. The minimum absolute atomic E-state index is 0.0286. The molecule has 6 heteroatoms. The monoisotopic (exact) mass is 291 g/mol. The number of methoxy groups -OCH3 is 1. The normalized spacial score (nSPS) is 18.5. The van der Waals surface area contributed by atoms with Gasteiger partial charge in [-0.1, -0.05) is 6.07 Å². The standard InChI is InChI=1S/C13H13N3OS2/c1-17-10-6-4-9(5-7-10)16-12(14-15-13(16)18)11-3-2-8-19-11/h2-8,12,14H,1H3,(H,15,18). The van der Waals surface area contributed by atoms with Crippen molar-refractivity contribution in [1.29, 1.82) is 0 Å². The Bertz CT molecular complexity index is 568. The Hall–Kier alpha value is -1.63. The molecule has 0 spiro atoms. The SMILES string of the molecule is COc1ccc(N2C(=S)NNC2c2cccs2)cc1. The molecule has 1 aliphatic rings. The third kappa shape index (κ3) is 2.30. The topological polar surface area (TPSA) is 36.5 Å². The minimum Gasteiger partial charge on any atom is -0.497 e. The molecule has 1 aliphatic heterocycles. The van der Waals surface area contributed by atoms with E-state index in [4.69, 9.17) is 17.0 Å². The fraction of sp³-hybridized carbons (Fsp3) is 0.154. The molecular weight excluding hydrogens is 278 g/mol. The van der Waals surface area contributed by atoms with Gasteiger partial charge in [-0.3, -0.25) is 10.3 Å². The number of nitrogens with one attached hydrogen (secondary N) is 2. The molecule has 0 radical (unpaired) electrons. The van der Waals surface area contributed by atoms with Crippen molar-refractivity contribution in [2.45, 2.75) is 6.17 Å². The number of rotatable bonds is 3. The van der Waals surface area contributed by atoms with Gasteiger partial charge in [0.15, 0.2) is 5.11 Å². The molecule has 0 saturated carbocycles. The maximum absolute atomic E-state index is 5.36. The fourth-order valence-corrected chi connectivity index (χ4v) is 3.06. The molecule has 2 N–H and O–H groups in total. The first kappa shape index (κ1) is 12.4. The van der Waals surface area contributed by atoms with Crippen LogP contribution in [0.2, 0.25) is 0 Å². The Morgan fingerprint density at radius 2 is 2.05 bits per heavy atom.